The molecule has 0 radical (unpaired) electrons. The van der Waals surface area contributed by atoms with Crippen molar-refractivity contribution < 1.29 is 4.79 Å². The van der Waals surface area contributed by atoms with Crippen molar-refractivity contribution in [3.05, 3.63) is 63.1 Å². The predicted octanol–water partition coefficient (Wildman–Crippen LogP) is 4.57. The summed E-state index contributed by atoms with van der Waals surface area (Å²) in [4.78, 5) is 12.6. The highest BCUT2D eigenvalue weighted by atomic mass is 79.9. The molecule has 1 atom stereocenters. The van der Waals surface area contributed by atoms with Gasteiger partial charge in [-0.05, 0) is 73.2 Å². The zero-order valence-electron chi connectivity index (χ0n) is 12.9. The first-order chi connectivity index (χ1) is 10.5. The molecule has 0 spiro atoms. The molecular formula is C18H20BrClN2O. The van der Waals surface area contributed by atoms with Gasteiger partial charge in [-0.15, -0.1) is 12.4 Å². The number of hydrogen-bond acceptors (Lipinski definition) is 2. The standard InChI is InChI=1S/C18H19BrN2O.ClH/c1-11-9-13(19)5-7-15(11)18(22)21-17-4-2-3-12-10-14(20)6-8-16(12)17;/h5-10,17H,2-4,20H2,1H3,(H,21,22);1H. The van der Waals surface area contributed by atoms with Gasteiger partial charge in [0, 0.05) is 15.7 Å². The van der Waals surface area contributed by atoms with E-state index >= 15 is 0 Å². The minimum atomic E-state index is -0.0142. The van der Waals surface area contributed by atoms with Crippen molar-refractivity contribution in [2.45, 2.75) is 32.2 Å². The Hall–Kier alpha value is -1.52. The van der Waals surface area contributed by atoms with E-state index in [1.165, 1.54) is 11.1 Å². The van der Waals surface area contributed by atoms with Crippen molar-refractivity contribution in [1.82, 2.24) is 5.32 Å². The van der Waals surface area contributed by atoms with E-state index in [4.69, 9.17) is 5.73 Å². The first kappa shape index (κ1) is 17.8. The molecule has 1 amide bonds. The van der Waals surface area contributed by atoms with Crippen LogP contribution in [-0.2, 0) is 6.42 Å². The van der Waals surface area contributed by atoms with E-state index in [9.17, 15) is 4.79 Å². The average molecular weight is 396 g/mol. The van der Waals surface area contributed by atoms with Gasteiger partial charge in [0.1, 0.15) is 0 Å². The van der Waals surface area contributed by atoms with E-state index in [0.717, 1.165) is 40.5 Å². The summed E-state index contributed by atoms with van der Waals surface area (Å²) in [5, 5.41) is 3.18. The van der Waals surface area contributed by atoms with E-state index in [2.05, 4.69) is 21.2 Å². The maximum atomic E-state index is 12.6. The van der Waals surface area contributed by atoms with Gasteiger partial charge in [0.15, 0.2) is 0 Å². The molecule has 1 aliphatic carbocycles. The molecule has 23 heavy (non-hydrogen) atoms. The first-order valence-electron chi connectivity index (χ1n) is 7.50. The Morgan fingerprint density at radius 2 is 2.04 bits per heavy atom. The summed E-state index contributed by atoms with van der Waals surface area (Å²) in [6.45, 7) is 1.95. The monoisotopic (exact) mass is 394 g/mol. The second-order valence-corrected chi connectivity index (χ2v) is 6.75. The number of anilines is 1. The van der Waals surface area contributed by atoms with Crippen molar-refractivity contribution in [1.29, 1.82) is 0 Å². The number of benzene rings is 2. The smallest absolute Gasteiger partial charge is 0.252 e. The van der Waals surface area contributed by atoms with Crippen molar-refractivity contribution >= 4 is 39.9 Å². The fraction of sp³-hybridized carbons (Fsp3) is 0.278. The predicted molar refractivity (Wildman–Crippen MR) is 100 cm³/mol. The van der Waals surface area contributed by atoms with Crippen LogP contribution in [0, 0.1) is 6.92 Å². The number of hydrogen-bond donors (Lipinski definition) is 2. The van der Waals surface area contributed by atoms with Crippen LogP contribution in [0.2, 0.25) is 0 Å². The molecule has 122 valence electrons. The zero-order chi connectivity index (χ0) is 15.7. The van der Waals surface area contributed by atoms with Gasteiger partial charge < -0.3 is 11.1 Å². The normalized spacial score (nSPS) is 16.2. The van der Waals surface area contributed by atoms with Crippen molar-refractivity contribution in [3.8, 4) is 0 Å². The van der Waals surface area contributed by atoms with Crippen LogP contribution in [0.3, 0.4) is 0 Å². The molecule has 0 aliphatic heterocycles. The van der Waals surface area contributed by atoms with Gasteiger partial charge in [-0.2, -0.15) is 0 Å². The number of carbonyl (C=O) groups excluding carboxylic acids is 1. The number of amides is 1. The van der Waals surface area contributed by atoms with Crippen LogP contribution in [-0.4, -0.2) is 5.91 Å². The fourth-order valence-corrected chi connectivity index (χ4v) is 3.58. The maximum absolute atomic E-state index is 12.6. The fourth-order valence-electron chi connectivity index (χ4n) is 3.10. The Labute approximate surface area is 151 Å². The van der Waals surface area contributed by atoms with Crippen molar-refractivity contribution in [3.63, 3.8) is 0 Å². The summed E-state index contributed by atoms with van der Waals surface area (Å²) < 4.78 is 0.986. The van der Waals surface area contributed by atoms with Crippen LogP contribution < -0.4 is 11.1 Å². The van der Waals surface area contributed by atoms with Gasteiger partial charge in [0.05, 0.1) is 6.04 Å². The van der Waals surface area contributed by atoms with E-state index in [-0.39, 0.29) is 24.4 Å². The van der Waals surface area contributed by atoms with Crippen LogP contribution in [0.4, 0.5) is 5.69 Å². The second kappa shape index (κ2) is 7.37. The van der Waals surface area contributed by atoms with E-state index in [1.54, 1.807) is 0 Å². The molecule has 0 fully saturated rings. The van der Waals surface area contributed by atoms with Gasteiger partial charge in [-0.1, -0.05) is 22.0 Å². The Morgan fingerprint density at radius 1 is 1.26 bits per heavy atom. The summed E-state index contributed by atoms with van der Waals surface area (Å²) in [7, 11) is 0. The van der Waals surface area contributed by atoms with Gasteiger partial charge in [0.2, 0.25) is 0 Å². The Balaban J connectivity index is 0.00000192. The number of rotatable bonds is 2. The summed E-state index contributed by atoms with van der Waals surface area (Å²) in [5.74, 6) is -0.0142. The molecule has 2 aromatic carbocycles. The Kier molecular flexibility index (Phi) is 5.71. The Morgan fingerprint density at radius 3 is 2.78 bits per heavy atom. The number of halogens is 2. The lowest BCUT2D eigenvalue weighted by Crippen LogP contribution is -2.31. The molecule has 1 aliphatic rings. The summed E-state index contributed by atoms with van der Waals surface area (Å²) in [6.07, 6.45) is 3.07. The third-order valence-electron chi connectivity index (χ3n) is 4.22. The topological polar surface area (TPSA) is 55.1 Å². The highest BCUT2D eigenvalue weighted by Gasteiger charge is 2.22. The summed E-state index contributed by atoms with van der Waals surface area (Å²) in [6, 6.07) is 11.8. The minimum Gasteiger partial charge on any atom is -0.399 e. The first-order valence-corrected chi connectivity index (χ1v) is 8.29. The summed E-state index contributed by atoms with van der Waals surface area (Å²) >= 11 is 3.43. The molecular weight excluding hydrogens is 376 g/mol. The third-order valence-corrected chi connectivity index (χ3v) is 4.71. The Bertz CT molecular complexity index is 733. The maximum Gasteiger partial charge on any atom is 0.252 e. The van der Waals surface area contributed by atoms with Crippen LogP contribution in [0.1, 0.15) is 45.9 Å². The number of carbonyl (C=O) groups is 1. The third kappa shape index (κ3) is 3.88. The highest BCUT2D eigenvalue weighted by molar-refractivity contribution is 9.10. The molecule has 0 bridgehead atoms. The van der Waals surface area contributed by atoms with Crippen molar-refractivity contribution in [2.24, 2.45) is 0 Å². The van der Waals surface area contributed by atoms with Gasteiger partial charge >= 0.3 is 0 Å². The molecule has 0 saturated heterocycles. The molecule has 3 nitrogen and oxygen atoms in total. The zero-order valence-corrected chi connectivity index (χ0v) is 15.3. The van der Waals surface area contributed by atoms with Crippen LogP contribution in [0.15, 0.2) is 40.9 Å². The molecule has 0 saturated carbocycles. The highest BCUT2D eigenvalue weighted by Crippen LogP contribution is 2.31. The van der Waals surface area contributed by atoms with Gasteiger partial charge in [-0.3, -0.25) is 4.79 Å². The number of nitrogens with one attached hydrogen (secondary N) is 1. The average Bonchev–Trinajstić information content (AvgIpc) is 2.47. The molecule has 1 unspecified atom stereocenters. The molecule has 3 rings (SSSR count). The number of nitrogens with two attached hydrogens (primary N) is 1. The molecule has 3 N–H and O–H groups in total. The minimum absolute atomic E-state index is 0. The molecule has 0 aromatic heterocycles. The van der Waals surface area contributed by atoms with Crippen molar-refractivity contribution in [2.75, 3.05) is 5.73 Å². The lowest BCUT2D eigenvalue weighted by Gasteiger charge is -2.27. The second-order valence-electron chi connectivity index (χ2n) is 5.84. The number of fused-ring (bicyclic) bond motifs is 1. The SMILES string of the molecule is Cc1cc(Br)ccc1C(=O)NC1CCCc2cc(N)ccc21.Cl. The van der Waals surface area contributed by atoms with Crippen LogP contribution >= 0.6 is 28.3 Å². The van der Waals surface area contributed by atoms with E-state index < -0.39 is 0 Å². The van der Waals surface area contributed by atoms with Crippen LogP contribution in [0.5, 0.6) is 0 Å². The number of nitrogen functional groups attached to an aromatic ring is 1. The quantitative estimate of drug-likeness (QED) is 0.732. The molecule has 0 heterocycles. The van der Waals surface area contributed by atoms with E-state index in [0.29, 0.717) is 0 Å². The largest absolute Gasteiger partial charge is 0.399 e. The van der Waals surface area contributed by atoms with Gasteiger partial charge in [0.25, 0.3) is 5.91 Å². The molecule has 5 heteroatoms. The lowest BCUT2D eigenvalue weighted by molar-refractivity contribution is 0.0932. The number of aryl methyl sites for hydroxylation is 2. The van der Waals surface area contributed by atoms with E-state index in [1.807, 2.05) is 43.3 Å². The lowest BCUT2D eigenvalue weighted by atomic mass is 9.87. The van der Waals surface area contributed by atoms with Gasteiger partial charge in [-0.25, -0.2) is 0 Å². The van der Waals surface area contributed by atoms with Crippen LogP contribution in [0.25, 0.3) is 0 Å². The molecule has 2 aromatic rings. The summed E-state index contributed by atoms with van der Waals surface area (Å²) in [5.41, 5.74) is 10.8.